The number of nitrogens with one attached hydrogen (secondary N) is 1. The molecule has 0 aliphatic carbocycles. The number of hydrogen-bond donors (Lipinski definition) is 2. The summed E-state index contributed by atoms with van der Waals surface area (Å²) in [5.41, 5.74) is -0.366. The maximum absolute atomic E-state index is 12.8. The van der Waals surface area contributed by atoms with Gasteiger partial charge in [0.05, 0.1) is 5.56 Å². The first-order chi connectivity index (χ1) is 12.2. The number of hydrogen-bond acceptors (Lipinski definition) is 4. The third-order valence-corrected chi connectivity index (χ3v) is 3.58. The highest BCUT2D eigenvalue weighted by Crippen LogP contribution is 2.32. The van der Waals surface area contributed by atoms with Gasteiger partial charge in [-0.15, -0.1) is 0 Å². The molecule has 1 aromatic heterocycles. The van der Waals surface area contributed by atoms with Gasteiger partial charge in [0.15, 0.2) is 0 Å². The SMILES string of the molecule is CC(C)[C@H](O)C(=O)NCc1cccnc1Oc1cccc(C(F)(F)F)c1. The summed E-state index contributed by atoms with van der Waals surface area (Å²) >= 11 is 0. The summed E-state index contributed by atoms with van der Waals surface area (Å²) in [4.78, 5) is 15.8. The van der Waals surface area contributed by atoms with E-state index in [0.29, 0.717) is 5.56 Å². The molecule has 1 atom stereocenters. The van der Waals surface area contributed by atoms with Crippen molar-refractivity contribution in [2.75, 3.05) is 0 Å². The Balaban J connectivity index is 2.13. The third-order valence-electron chi connectivity index (χ3n) is 3.58. The predicted octanol–water partition coefficient (Wildman–Crippen LogP) is 3.53. The number of ether oxygens (including phenoxy) is 1. The van der Waals surface area contributed by atoms with Crippen LogP contribution in [0.25, 0.3) is 0 Å². The lowest BCUT2D eigenvalue weighted by atomic mass is 10.1. The molecule has 2 N–H and O–H groups in total. The minimum Gasteiger partial charge on any atom is -0.439 e. The maximum atomic E-state index is 12.8. The molecule has 5 nitrogen and oxygen atoms in total. The van der Waals surface area contributed by atoms with E-state index in [4.69, 9.17) is 4.74 Å². The molecule has 2 rings (SSSR count). The number of amides is 1. The van der Waals surface area contributed by atoms with Crippen molar-refractivity contribution in [1.82, 2.24) is 10.3 Å². The molecular weight excluding hydrogens is 349 g/mol. The number of carbonyl (C=O) groups is 1. The van der Waals surface area contributed by atoms with Crippen LogP contribution < -0.4 is 10.1 Å². The Morgan fingerprint density at radius 1 is 1.27 bits per heavy atom. The molecule has 1 amide bonds. The number of halogens is 3. The fraction of sp³-hybridized carbons (Fsp3) is 0.333. The molecule has 0 bridgehead atoms. The zero-order valence-electron chi connectivity index (χ0n) is 14.2. The molecule has 0 aliphatic heterocycles. The molecule has 140 valence electrons. The number of nitrogens with zero attached hydrogens (tertiary/aromatic N) is 1. The summed E-state index contributed by atoms with van der Waals surface area (Å²) in [5.74, 6) is -0.738. The smallest absolute Gasteiger partial charge is 0.416 e. The van der Waals surface area contributed by atoms with Crippen molar-refractivity contribution >= 4 is 5.91 Å². The van der Waals surface area contributed by atoms with E-state index in [-0.39, 0.29) is 24.1 Å². The standard InChI is InChI=1S/C18H19F3N2O3/c1-11(2)15(24)16(25)23-10-12-5-4-8-22-17(12)26-14-7-3-6-13(9-14)18(19,20)21/h3-9,11,15,24H,10H2,1-2H3,(H,23,25)/t15-/m0/s1. The number of carbonyl (C=O) groups excluding carboxylic acids is 1. The molecule has 2 aromatic rings. The van der Waals surface area contributed by atoms with Crippen molar-refractivity contribution in [3.05, 3.63) is 53.7 Å². The second-order valence-corrected chi connectivity index (χ2v) is 6.00. The van der Waals surface area contributed by atoms with E-state index in [1.54, 1.807) is 26.0 Å². The van der Waals surface area contributed by atoms with Gasteiger partial charge >= 0.3 is 6.18 Å². The van der Waals surface area contributed by atoms with E-state index < -0.39 is 23.8 Å². The highest BCUT2D eigenvalue weighted by molar-refractivity contribution is 5.80. The summed E-state index contributed by atoms with van der Waals surface area (Å²) in [6.07, 6.45) is -4.20. The van der Waals surface area contributed by atoms with Crippen LogP contribution in [0.5, 0.6) is 11.6 Å². The lowest BCUT2D eigenvalue weighted by Gasteiger charge is -2.15. The quantitative estimate of drug-likeness (QED) is 0.818. The van der Waals surface area contributed by atoms with Crippen LogP contribution in [0.4, 0.5) is 13.2 Å². The van der Waals surface area contributed by atoms with Gasteiger partial charge in [0.25, 0.3) is 0 Å². The highest BCUT2D eigenvalue weighted by atomic mass is 19.4. The van der Waals surface area contributed by atoms with Crippen LogP contribution in [-0.4, -0.2) is 22.1 Å². The number of aromatic nitrogens is 1. The Hall–Kier alpha value is -2.61. The Morgan fingerprint density at radius 3 is 2.65 bits per heavy atom. The fourth-order valence-corrected chi connectivity index (χ4v) is 2.09. The van der Waals surface area contributed by atoms with Crippen LogP contribution in [0, 0.1) is 5.92 Å². The second-order valence-electron chi connectivity index (χ2n) is 6.00. The number of aliphatic hydroxyl groups excluding tert-OH is 1. The molecule has 0 fully saturated rings. The average molecular weight is 368 g/mol. The third kappa shape index (κ3) is 5.19. The van der Waals surface area contributed by atoms with Gasteiger partial charge in [0, 0.05) is 18.3 Å². The van der Waals surface area contributed by atoms with E-state index in [0.717, 1.165) is 12.1 Å². The molecule has 1 aromatic carbocycles. The highest BCUT2D eigenvalue weighted by Gasteiger charge is 2.30. The van der Waals surface area contributed by atoms with E-state index >= 15 is 0 Å². The number of benzene rings is 1. The van der Waals surface area contributed by atoms with Crippen molar-refractivity contribution in [3.63, 3.8) is 0 Å². The Kier molecular flexibility index (Phi) is 6.20. The zero-order chi connectivity index (χ0) is 19.3. The summed E-state index contributed by atoms with van der Waals surface area (Å²) < 4.78 is 43.8. The van der Waals surface area contributed by atoms with E-state index in [1.807, 2.05) is 0 Å². The molecule has 0 aliphatic rings. The number of aliphatic hydroxyl groups is 1. The minimum atomic E-state index is -4.48. The van der Waals surface area contributed by atoms with Gasteiger partial charge in [0.2, 0.25) is 11.8 Å². The molecule has 26 heavy (non-hydrogen) atoms. The van der Waals surface area contributed by atoms with E-state index in [2.05, 4.69) is 10.3 Å². The molecule has 0 saturated heterocycles. The largest absolute Gasteiger partial charge is 0.439 e. The molecule has 8 heteroatoms. The van der Waals surface area contributed by atoms with Gasteiger partial charge in [-0.1, -0.05) is 26.0 Å². The molecule has 0 saturated carbocycles. The lowest BCUT2D eigenvalue weighted by Crippen LogP contribution is -2.37. The van der Waals surface area contributed by atoms with Crippen molar-refractivity contribution in [1.29, 1.82) is 0 Å². The molecular formula is C18H19F3N2O3. The van der Waals surface area contributed by atoms with Crippen LogP contribution in [0.2, 0.25) is 0 Å². The first-order valence-electron chi connectivity index (χ1n) is 7.93. The fourth-order valence-electron chi connectivity index (χ4n) is 2.09. The molecule has 1 heterocycles. The number of alkyl halides is 3. The van der Waals surface area contributed by atoms with Gasteiger partial charge in [-0.05, 0) is 30.2 Å². The number of rotatable bonds is 6. The monoisotopic (exact) mass is 368 g/mol. The first-order valence-corrected chi connectivity index (χ1v) is 7.93. The van der Waals surface area contributed by atoms with E-state index in [1.165, 1.54) is 18.3 Å². The topological polar surface area (TPSA) is 71.5 Å². The van der Waals surface area contributed by atoms with Gasteiger partial charge in [-0.2, -0.15) is 13.2 Å². The van der Waals surface area contributed by atoms with Crippen LogP contribution in [-0.2, 0) is 17.5 Å². The van der Waals surface area contributed by atoms with Gasteiger partial charge in [-0.25, -0.2) is 4.98 Å². The second kappa shape index (κ2) is 8.18. The van der Waals surface area contributed by atoms with Crippen LogP contribution in [0.15, 0.2) is 42.6 Å². The van der Waals surface area contributed by atoms with Crippen LogP contribution in [0.3, 0.4) is 0 Å². The van der Waals surface area contributed by atoms with Crippen molar-refractivity contribution in [2.45, 2.75) is 32.7 Å². The normalized spacial score (nSPS) is 12.7. The lowest BCUT2D eigenvalue weighted by molar-refractivity contribution is -0.137. The Labute approximate surface area is 148 Å². The van der Waals surface area contributed by atoms with Gasteiger partial charge in [0.1, 0.15) is 11.9 Å². The predicted molar refractivity (Wildman–Crippen MR) is 88.4 cm³/mol. The summed E-state index contributed by atoms with van der Waals surface area (Å²) in [6.45, 7) is 3.43. The summed E-state index contributed by atoms with van der Waals surface area (Å²) in [5, 5.41) is 12.3. The molecule has 0 radical (unpaired) electrons. The zero-order valence-corrected chi connectivity index (χ0v) is 14.2. The first kappa shape index (κ1) is 19.7. The van der Waals surface area contributed by atoms with Crippen LogP contribution >= 0.6 is 0 Å². The van der Waals surface area contributed by atoms with Gasteiger partial charge in [-0.3, -0.25) is 4.79 Å². The summed E-state index contributed by atoms with van der Waals surface area (Å²) in [7, 11) is 0. The van der Waals surface area contributed by atoms with Crippen LogP contribution in [0.1, 0.15) is 25.0 Å². The molecule has 0 unspecified atom stereocenters. The van der Waals surface area contributed by atoms with Crippen molar-refractivity contribution in [2.24, 2.45) is 5.92 Å². The average Bonchev–Trinajstić information content (AvgIpc) is 2.59. The van der Waals surface area contributed by atoms with E-state index in [9.17, 15) is 23.1 Å². The van der Waals surface area contributed by atoms with Crippen molar-refractivity contribution < 1.29 is 27.8 Å². The molecule has 0 spiro atoms. The number of pyridine rings is 1. The maximum Gasteiger partial charge on any atom is 0.416 e. The Morgan fingerprint density at radius 2 is 2.00 bits per heavy atom. The van der Waals surface area contributed by atoms with Gasteiger partial charge < -0.3 is 15.2 Å². The summed E-state index contributed by atoms with van der Waals surface area (Å²) in [6, 6.07) is 7.67. The minimum absolute atomic E-state index is 0.0186. The van der Waals surface area contributed by atoms with Crippen molar-refractivity contribution in [3.8, 4) is 11.6 Å². The Bertz CT molecular complexity index is 763.